The first-order chi connectivity index (χ1) is 9.63. The van der Waals surface area contributed by atoms with Crippen LogP contribution < -0.4 is 9.47 Å². The highest BCUT2D eigenvalue weighted by molar-refractivity contribution is 5.78. The Morgan fingerprint density at radius 1 is 1.35 bits per heavy atom. The fraction of sp³-hybridized carbons (Fsp3) is 0.562. The fourth-order valence-corrected chi connectivity index (χ4v) is 2.30. The van der Waals surface area contributed by atoms with Crippen LogP contribution in [0, 0.1) is 0 Å². The maximum Gasteiger partial charge on any atom is 0.222 e. The smallest absolute Gasteiger partial charge is 0.222 e. The Morgan fingerprint density at radius 2 is 2.15 bits per heavy atom. The Balaban J connectivity index is 2.13. The molecule has 0 radical (unpaired) electrons. The van der Waals surface area contributed by atoms with E-state index in [-0.39, 0.29) is 12.0 Å². The lowest BCUT2D eigenvalue weighted by Crippen LogP contribution is -2.23. The molecule has 0 spiro atoms. The number of nitrogens with zero attached hydrogens (tertiary/aromatic N) is 1. The van der Waals surface area contributed by atoms with E-state index < -0.39 is 0 Å². The number of hydrogen-bond acceptors (Lipinski definition) is 3. The van der Waals surface area contributed by atoms with Crippen molar-refractivity contribution in [3.8, 4) is 11.5 Å². The standard InChI is InChI=1S/C16H23NO3/c1-4-12(2)20-15-10-13(7-8-14(15)19-3)11-17-9-5-6-16(17)18/h7-8,10,12H,4-6,9,11H2,1-3H3. The molecule has 1 saturated heterocycles. The molecule has 4 nitrogen and oxygen atoms in total. The summed E-state index contributed by atoms with van der Waals surface area (Å²) in [6.07, 6.45) is 2.72. The van der Waals surface area contributed by atoms with Crippen molar-refractivity contribution >= 4 is 5.91 Å². The number of likely N-dealkylation sites (tertiary alicyclic amines) is 1. The van der Waals surface area contributed by atoms with Crippen LogP contribution in [-0.2, 0) is 11.3 Å². The normalized spacial score (nSPS) is 16.4. The van der Waals surface area contributed by atoms with Gasteiger partial charge < -0.3 is 14.4 Å². The van der Waals surface area contributed by atoms with Gasteiger partial charge in [0.1, 0.15) is 0 Å². The van der Waals surface area contributed by atoms with E-state index in [1.807, 2.05) is 30.0 Å². The minimum absolute atomic E-state index is 0.146. The molecule has 1 aromatic carbocycles. The Morgan fingerprint density at radius 3 is 2.75 bits per heavy atom. The van der Waals surface area contributed by atoms with Crippen molar-refractivity contribution in [2.45, 2.75) is 45.8 Å². The van der Waals surface area contributed by atoms with E-state index in [0.717, 1.165) is 36.4 Å². The molecule has 1 aliphatic rings. The molecular weight excluding hydrogens is 254 g/mol. The van der Waals surface area contributed by atoms with Gasteiger partial charge in [-0.1, -0.05) is 13.0 Å². The van der Waals surface area contributed by atoms with Crippen molar-refractivity contribution in [1.82, 2.24) is 4.90 Å². The van der Waals surface area contributed by atoms with Gasteiger partial charge in [0.2, 0.25) is 5.91 Å². The van der Waals surface area contributed by atoms with Crippen molar-refractivity contribution in [2.75, 3.05) is 13.7 Å². The lowest BCUT2D eigenvalue weighted by molar-refractivity contribution is -0.128. The molecule has 1 aliphatic heterocycles. The van der Waals surface area contributed by atoms with Crippen LogP contribution in [0.4, 0.5) is 0 Å². The zero-order valence-corrected chi connectivity index (χ0v) is 12.5. The number of benzene rings is 1. The molecule has 4 heteroatoms. The van der Waals surface area contributed by atoms with Crippen LogP contribution >= 0.6 is 0 Å². The maximum atomic E-state index is 11.7. The van der Waals surface area contributed by atoms with E-state index in [2.05, 4.69) is 6.92 Å². The summed E-state index contributed by atoms with van der Waals surface area (Å²) in [6, 6.07) is 5.89. The molecule has 0 aliphatic carbocycles. The molecule has 0 saturated carbocycles. The summed E-state index contributed by atoms with van der Waals surface area (Å²) in [5.74, 6) is 1.73. The minimum Gasteiger partial charge on any atom is -0.493 e. The fourth-order valence-electron chi connectivity index (χ4n) is 2.30. The summed E-state index contributed by atoms with van der Waals surface area (Å²) in [4.78, 5) is 13.6. The van der Waals surface area contributed by atoms with E-state index >= 15 is 0 Å². The van der Waals surface area contributed by atoms with E-state index in [1.165, 1.54) is 0 Å². The third-order valence-corrected chi connectivity index (χ3v) is 3.68. The van der Waals surface area contributed by atoms with Crippen molar-refractivity contribution in [3.63, 3.8) is 0 Å². The van der Waals surface area contributed by atoms with E-state index in [1.54, 1.807) is 7.11 Å². The predicted molar refractivity (Wildman–Crippen MR) is 78.0 cm³/mol. The second kappa shape index (κ2) is 6.64. The van der Waals surface area contributed by atoms with Crippen LogP contribution in [0.15, 0.2) is 18.2 Å². The second-order valence-electron chi connectivity index (χ2n) is 5.24. The number of carbonyl (C=O) groups is 1. The van der Waals surface area contributed by atoms with E-state index in [0.29, 0.717) is 13.0 Å². The van der Waals surface area contributed by atoms with Crippen LogP contribution in [0.2, 0.25) is 0 Å². The molecule has 20 heavy (non-hydrogen) atoms. The maximum absolute atomic E-state index is 11.7. The molecule has 1 heterocycles. The highest BCUT2D eigenvalue weighted by atomic mass is 16.5. The van der Waals surface area contributed by atoms with Crippen LogP contribution in [0.25, 0.3) is 0 Å². The lowest BCUT2D eigenvalue weighted by Gasteiger charge is -2.19. The first kappa shape index (κ1) is 14.7. The molecule has 1 aromatic rings. The molecule has 1 unspecified atom stereocenters. The highest BCUT2D eigenvalue weighted by Gasteiger charge is 2.20. The van der Waals surface area contributed by atoms with Gasteiger partial charge in [0.15, 0.2) is 11.5 Å². The lowest BCUT2D eigenvalue weighted by atomic mass is 10.2. The molecule has 1 amide bonds. The van der Waals surface area contributed by atoms with Crippen LogP contribution in [0.1, 0.15) is 38.7 Å². The number of carbonyl (C=O) groups excluding carboxylic acids is 1. The van der Waals surface area contributed by atoms with Gasteiger partial charge in [-0.3, -0.25) is 4.79 Å². The van der Waals surface area contributed by atoms with Gasteiger partial charge in [0.25, 0.3) is 0 Å². The zero-order chi connectivity index (χ0) is 14.5. The Kier molecular flexibility index (Phi) is 4.88. The minimum atomic E-state index is 0.146. The molecule has 0 bridgehead atoms. The summed E-state index contributed by atoms with van der Waals surface area (Å²) >= 11 is 0. The number of rotatable bonds is 6. The van der Waals surface area contributed by atoms with Gasteiger partial charge in [0, 0.05) is 19.5 Å². The number of amides is 1. The van der Waals surface area contributed by atoms with Crippen molar-refractivity contribution < 1.29 is 14.3 Å². The molecule has 1 atom stereocenters. The zero-order valence-electron chi connectivity index (χ0n) is 12.5. The molecule has 0 aromatic heterocycles. The third-order valence-electron chi connectivity index (χ3n) is 3.68. The van der Waals surface area contributed by atoms with Gasteiger partial charge in [-0.25, -0.2) is 0 Å². The van der Waals surface area contributed by atoms with Crippen molar-refractivity contribution in [2.24, 2.45) is 0 Å². The average Bonchev–Trinajstić information content (AvgIpc) is 2.84. The van der Waals surface area contributed by atoms with E-state index in [9.17, 15) is 4.79 Å². The Bertz CT molecular complexity index is 473. The van der Waals surface area contributed by atoms with Crippen molar-refractivity contribution in [3.05, 3.63) is 23.8 Å². The van der Waals surface area contributed by atoms with Crippen molar-refractivity contribution in [1.29, 1.82) is 0 Å². The first-order valence-corrected chi connectivity index (χ1v) is 7.25. The first-order valence-electron chi connectivity index (χ1n) is 7.25. The SMILES string of the molecule is CCC(C)Oc1cc(CN2CCCC2=O)ccc1OC. The summed E-state index contributed by atoms with van der Waals surface area (Å²) in [7, 11) is 1.64. The van der Waals surface area contributed by atoms with Crippen LogP contribution in [-0.4, -0.2) is 30.6 Å². The summed E-state index contributed by atoms with van der Waals surface area (Å²) in [5.41, 5.74) is 1.08. The number of ether oxygens (including phenoxy) is 2. The van der Waals surface area contributed by atoms with Gasteiger partial charge in [-0.15, -0.1) is 0 Å². The van der Waals surface area contributed by atoms with Gasteiger partial charge >= 0.3 is 0 Å². The summed E-state index contributed by atoms with van der Waals surface area (Å²) in [6.45, 7) is 5.63. The number of hydrogen-bond donors (Lipinski definition) is 0. The molecule has 1 fully saturated rings. The van der Waals surface area contributed by atoms with Crippen LogP contribution in [0.3, 0.4) is 0 Å². The average molecular weight is 277 g/mol. The number of methoxy groups -OCH3 is 1. The van der Waals surface area contributed by atoms with Gasteiger partial charge in [-0.05, 0) is 37.5 Å². The predicted octanol–water partition coefficient (Wildman–Crippen LogP) is 2.99. The molecule has 2 rings (SSSR count). The van der Waals surface area contributed by atoms with Crippen LogP contribution in [0.5, 0.6) is 11.5 Å². The summed E-state index contributed by atoms with van der Waals surface area (Å²) < 4.78 is 11.2. The molecular formula is C16H23NO3. The van der Waals surface area contributed by atoms with Gasteiger partial charge in [-0.2, -0.15) is 0 Å². The third kappa shape index (κ3) is 3.44. The largest absolute Gasteiger partial charge is 0.493 e. The van der Waals surface area contributed by atoms with E-state index in [4.69, 9.17) is 9.47 Å². The quantitative estimate of drug-likeness (QED) is 0.802. The monoisotopic (exact) mass is 277 g/mol. The molecule has 110 valence electrons. The second-order valence-corrected chi connectivity index (χ2v) is 5.24. The van der Waals surface area contributed by atoms with Gasteiger partial charge in [0.05, 0.1) is 13.2 Å². The topological polar surface area (TPSA) is 38.8 Å². The Labute approximate surface area is 120 Å². The Hall–Kier alpha value is -1.71. The molecule has 0 N–H and O–H groups in total. The highest BCUT2D eigenvalue weighted by Crippen LogP contribution is 2.30. The summed E-state index contributed by atoms with van der Waals surface area (Å²) in [5, 5.41) is 0.